The third-order valence-electron chi connectivity index (χ3n) is 14.4. The highest BCUT2D eigenvalue weighted by Crippen LogP contribution is 2.53. The third-order valence-corrected chi connectivity index (χ3v) is 14.4. The third kappa shape index (κ3) is 11.9. The summed E-state index contributed by atoms with van der Waals surface area (Å²) < 4.78 is 26.7. The Hall–Kier alpha value is -6.61. The fourth-order valence-corrected chi connectivity index (χ4v) is 10.5. The van der Waals surface area contributed by atoms with Gasteiger partial charge in [0.15, 0.2) is 17.3 Å². The number of phenolic OH excluding ortho intramolecular Hbond substituents is 1. The van der Waals surface area contributed by atoms with Crippen molar-refractivity contribution < 1.29 is 49.3 Å². The van der Waals surface area contributed by atoms with Gasteiger partial charge in [-0.3, -0.25) is 4.79 Å². The van der Waals surface area contributed by atoms with Crippen LogP contribution >= 0.6 is 0 Å². The van der Waals surface area contributed by atoms with E-state index in [0.29, 0.717) is 54.7 Å². The number of rotatable bonds is 14. The van der Waals surface area contributed by atoms with Gasteiger partial charge in [0.25, 0.3) is 0 Å². The summed E-state index contributed by atoms with van der Waals surface area (Å²) in [7, 11) is 1.51. The molecule has 0 amide bonds. The number of hydrogen-bond donors (Lipinski definition) is 7. The molecular weight excluding hydrogens is 923 g/mol. The lowest BCUT2D eigenvalue weighted by molar-refractivity contribution is 0.0834. The molecule has 0 spiro atoms. The summed E-state index contributed by atoms with van der Waals surface area (Å²) in [6.07, 6.45) is 5.00. The lowest BCUT2D eigenvalue weighted by Crippen LogP contribution is -2.52. The van der Waals surface area contributed by atoms with Gasteiger partial charge in [-0.15, -0.1) is 0 Å². The van der Waals surface area contributed by atoms with Crippen molar-refractivity contribution in [1.82, 2.24) is 10.3 Å². The van der Waals surface area contributed by atoms with Gasteiger partial charge in [-0.1, -0.05) is 104 Å². The van der Waals surface area contributed by atoms with Crippen LogP contribution in [-0.4, -0.2) is 102 Å². The number of carbonyl (C=O) groups is 1. The van der Waals surface area contributed by atoms with Crippen LogP contribution < -0.4 is 29.2 Å². The SMILES string of the molecule is CCc1cc2c([nH]1)N1CCNC[C@H]1Cc1ccc(c([C@@H](O)CCCO)c1)C[C@H](CO)COc1c(c3c(c(OCC[C@@H](O)/C=C/c4ccccc4)c1OC)C(=O)CC(c1ccc(O)cc1)O3)CCc1cccc-2c1. The number of H-pyrrole nitrogens is 1. The summed E-state index contributed by atoms with van der Waals surface area (Å²) in [4.78, 5) is 21.0. The molecular formula is C60H69N3O10. The Kier molecular flexibility index (Phi) is 16.8. The molecule has 4 aliphatic heterocycles. The van der Waals surface area contributed by atoms with Crippen LogP contribution in [0.1, 0.15) is 99.8 Å². The molecule has 73 heavy (non-hydrogen) atoms. The van der Waals surface area contributed by atoms with Crippen molar-refractivity contribution in [3.05, 3.63) is 159 Å². The zero-order valence-corrected chi connectivity index (χ0v) is 41.9. The summed E-state index contributed by atoms with van der Waals surface area (Å²) in [5, 5.41) is 57.5. The molecule has 4 aliphatic rings. The monoisotopic (exact) mass is 991 g/mol. The predicted molar refractivity (Wildman–Crippen MR) is 283 cm³/mol. The Labute approximate surface area is 428 Å². The Morgan fingerprint density at radius 3 is 2.49 bits per heavy atom. The summed E-state index contributed by atoms with van der Waals surface area (Å²) in [6, 6.07) is 33.6. The van der Waals surface area contributed by atoms with E-state index in [1.807, 2.05) is 36.4 Å². The lowest BCUT2D eigenvalue weighted by atomic mass is 9.89. The Balaban J connectivity index is 1.17. The molecule has 10 rings (SSSR count). The van der Waals surface area contributed by atoms with Gasteiger partial charge in [0, 0.05) is 68.0 Å². The van der Waals surface area contributed by atoms with E-state index in [2.05, 4.69) is 70.7 Å². The van der Waals surface area contributed by atoms with Gasteiger partial charge in [0.2, 0.25) is 5.75 Å². The Morgan fingerprint density at radius 2 is 1.71 bits per heavy atom. The number of anilines is 1. The van der Waals surface area contributed by atoms with Crippen molar-refractivity contribution in [2.24, 2.45) is 5.92 Å². The van der Waals surface area contributed by atoms with Crippen molar-refractivity contribution in [3.8, 4) is 39.9 Å². The van der Waals surface area contributed by atoms with Crippen molar-refractivity contribution in [2.45, 2.75) is 89.1 Å². The highest BCUT2D eigenvalue weighted by atomic mass is 16.5. The van der Waals surface area contributed by atoms with E-state index in [1.54, 1.807) is 30.3 Å². The van der Waals surface area contributed by atoms with Crippen LogP contribution in [0.25, 0.3) is 17.2 Å². The average Bonchev–Trinajstić information content (AvgIpc) is 3.85. The number of nitrogens with one attached hydrogen (secondary N) is 2. The topological polar surface area (TPSA) is 186 Å². The zero-order chi connectivity index (χ0) is 50.8. The number of aryl methyl sites for hydroxylation is 2. The number of methoxy groups -OCH3 is 1. The molecule has 7 N–H and O–H groups in total. The normalized spacial score (nSPS) is 18.9. The fraction of sp³-hybridized carbons (Fsp3) is 0.383. The number of ketones is 1. The summed E-state index contributed by atoms with van der Waals surface area (Å²) in [5.74, 6) is 1.44. The molecule has 4 bridgehead atoms. The highest BCUT2D eigenvalue weighted by Gasteiger charge is 2.38. The zero-order valence-electron chi connectivity index (χ0n) is 41.9. The molecule has 5 aromatic carbocycles. The van der Waals surface area contributed by atoms with Crippen LogP contribution in [0.15, 0.2) is 109 Å². The van der Waals surface area contributed by atoms with Crippen LogP contribution in [0.3, 0.4) is 0 Å². The number of Topliss-reactive ketones (excluding diaryl/α,β-unsaturated/α-hetero) is 1. The van der Waals surface area contributed by atoms with E-state index in [0.717, 1.165) is 82.9 Å². The minimum Gasteiger partial charge on any atom is -0.508 e. The van der Waals surface area contributed by atoms with Crippen LogP contribution in [0.2, 0.25) is 0 Å². The number of piperazine rings is 1. The number of aliphatic hydroxyl groups excluding tert-OH is 4. The second kappa shape index (κ2) is 24.0. The first-order chi connectivity index (χ1) is 35.6. The first-order valence-corrected chi connectivity index (χ1v) is 25.9. The van der Waals surface area contributed by atoms with Crippen molar-refractivity contribution >= 4 is 17.7 Å². The maximum Gasteiger partial charge on any atom is 0.204 e. The number of aromatic amines is 1. The van der Waals surface area contributed by atoms with E-state index < -0.39 is 24.2 Å². The van der Waals surface area contributed by atoms with E-state index in [-0.39, 0.29) is 73.9 Å². The fourth-order valence-electron chi connectivity index (χ4n) is 10.5. The van der Waals surface area contributed by atoms with Crippen molar-refractivity contribution in [2.75, 3.05) is 58.1 Å². The highest BCUT2D eigenvalue weighted by molar-refractivity contribution is 6.04. The molecule has 1 unspecified atom stereocenters. The van der Waals surface area contributed by atoms with Gasteiger partial charge >= 0.3 is 0 Å². The Morgan fingerprint density at radius 1 is 0.877 bits per heavy atom. The standard InChI is InChI=1S/C60H69N3O10/c1-3-45-33-51-43-12-7-11-39(29-43)16-23-49-56-55(53(69)34-54(73-56)42-18-21-47(66)22-19-42)58(71-28-24-48(67)20-15-38-9-5-4-6-10-38)59(70-2)57(49)72-37-41(36-65)30-44-17-14-40(32-50(44)52(68)13-8-27-64)31-46-35-61-25-26-63(46)60(51)62-45/h4-7,9-12,14-15,17-22,29,32-33,41,46,48,52,54,61-62,64-68H,3,8,13,16,23-28,30-31,34-37H2,1-2H3/b20-15+/t41-,46-,48+,52+,54?/m1/s1. The number of phenols is 1. The first-order valence-electron chi connectivity index (χ1n) is 25.9. The minimum atomic E-state index is -0.853. The summed E-state index contributed by atoms with van der Waals surface area (Å²) in [6.45, 7) is 4.33. The number of fused-ring (bicyclic) bond motifs is 7. The van der Waals surface area contributed by atoms with Gasteiger partial charge < -0.3 is 59.7 Å². The van der Waals surface area contributed by atoms with E-state index >= 15 is 0 Å². The number of aromatic hydroxyl groups is 1. The van der Waals surface area contributed by atoms with Gasteiger partial charge in [-0.2, -0.15) is 0 Å². The largest absolute Gasteiger partial charge is 0.508 e. The quantitative estimate of drug-likeness (QED) is 0.0552. The maximum absolute atomic E-state index is 14.8. The molecule has 6 aromatic rings. The molecule has 384 valence electrons. The van der Waals surface area contributed by atoms with Crippen molar-refractivity contribution in [1.29, 1.82) is 0 Å². The van der Waals surface area contributed by atoms with Gasteiger partial charge in [-0.05, 0) is 102 Å². The maximum atomic E-state index is 14.8. The van der Waals surface area contributed by atoms with Crippen LogP contribution in [0, 0.1) is 5.92 Å². The van der Waals surface area contributed by atoms with E-state index in [4.69, 9.17) is 18.9 Å². The molecule has 13 heteroatoms. The first kappa shape index (κ1) is 51.3. The van der Waals surface area contributed by atoms with Crippen LogP contribution in [0.5, 0.6) is 28.7 Å². The lowest BCUT2D eigenvalue weighted by Gasteiger charge is -2.38. The second-order valence-corrected chi connectivity index (χ2v) is 19.5. The number of benzene rings is 5. The van der Waals surface area contributed by atoms with Gasteiger partial charge in [-0.25, -0.2) is 0 Å². The van der Waals surface area contributed by atoms with Crippen molar-refractivity contribution in [3.63, 3.8) is 0 Å². The van der Waals surface area contributed by atoms with Gasteiger partial charge in [0.05, 0.1) is 39.0 Å². The van der Waals surface area contributed by atoms with E-state index in [9.17, 15) is 30.3 Å². The second-order valence-electron chi connectivity index (χ2n) is 19.5. The predicted octanol–water partition coefficient (Wildman–Crippen LogP) is 8.66. The van der Waals surface area contributed by atoms with Crippen LogP contribution in [-0.2, 0) is 32.1 Å². The molecule has 0 radical (unpaired) electrons. The molecule has 5 atom stereocenters. The number of aromatic nitrogens is 1. The molecule has 0 aliphatic carbocycles. The average molecular weight is 992 g/mol. The minimum absolute atomic E-state index is 0.00797. The molecule has 1 saturated heterocycles. The summed E-state index contributed by atoms with van der Waals surface area (Å²) >= 11 is 0. The number of ether oxygens (including phenoxy) is 4. The Bertz CT molecular complexity index is 2850. The molecule has 13 nitrogen and oxygen atoms in total. The number of carbonyl (C=O) groups excluding carboxylic acids is 1. The smallest absolute Gasteiger partial charge is 0.204 e. The molecule has 1 aromatic heterocycles. The number of aliphatic hydroxyl groups is 4. The van der Waals surface area contributed by atoms with Gasteiger partial charge in [0.1, 0.15) is 29.0 Å². The van der Waals surface area contributed by atoms with E-state index in [1.165, 1.54) is 7.11 Å². The van der Waals surface area contributed by atoms with Crippen LogP contribution in [0.4, 0.5) is 5.82 Å². The number of nitrogens with zero attached hydrogens (tertiary/aromatic N) is 1. The molecule has 5 heterocycles. The molecule has 0 saturated carbocycles. The number of hydrogen-bond acceptors (Lipinski definition) is 12. The molecule has 1 fully saturated rings. The summed E-state index contributed by atoms with van der Waals surface area (Å²) in [5.41, 5.74) is 9.56.